The second-order valence-corrected chi connectivity index (χ2v) is 10.5. The Morgan fingerprint density at radius 2 is 1.74 bits per heavy atom. The summed E-state index contributed by atoms with van der Waals surface area (Å²) in [6.07, 6.45) is -0.0863. The van der Waals surface area contributed by atoms with E-state index < -0.39 is 38.7 Å². The van der Waals surface area contributed by atoms with Gasteiger partial charge in [0.2, 0.25) is 15.9 Å². The van der Waals surface area contributed by atoms with Crippen molar-refractivity contribution in [1.82, 2.24) is 4.90 Å². The molecule has 11 nitrogen and oxygen atoms in total. The minimum Gasteiger partial charge on any atom is -0.326 e. The van der Waals surface area contributed by atoms with Gasteiger partial charge in [-0.1, -0.05) is 29.8 Å². The normalized spacial score (nSPS) is 15.5. The van der Waals surface area contributed by atoms with E-state index in [2.05, 4.69) is 0 Å². The van der Waals surface area contributed by atoms with E-state index in [4.69, 9.17) is 16.7 Å². The van der Waals surface area contributed by atoms with Gasteiger partial charge < -0.3 is 4.90 Å². The van der Waals surface area contributed by atoms with E-state index >= 15 is 0 Å². The molecule has 1 heterocycles. The minimum absolute atomic E-state index is 0.0195. The van der Waals surface area contributed by atoms with Crippen LogP contribution >= 0.6 is 11.6 Å². The van der Waals surface area contributed by atoms with Gasteiger partial charge in [-0.15, -0.1) is 0 Å². The van der Waals surface area contributed by atoms with Gasteiger partial charge in [0.25, 0.3) is 17.5 Å². The molecule has 0 aromatic heterocycles. The summed E-state index contributed by atoms with van der Waals surface area (Å²) in [7, 11) is -3.89. The predicted molar refractivity (Wildman–Crippen MR) is 138 cm³/mol. The van der Waals surface area contributed by atoms with Gasteiger partial charge in [0.15, 0.2) is 0 Å². The van der Waals surface area contributed by atoms with E-state index in [0.29, 0.717) is 16.3 Å². The van der Waals surface area contributed by atoms with Gasteiger partial charge >= 0.3 is 0 Å². The molecule has 196 valence electrons. The summed E-state index contributed by atoms with van der Waals surface area (Å²) in [5, 5.41) is 16.8. The molecule has 1 unspecified atom stereocenters. The number of hydrogen-bond acceptors (Lipinski definition) is 7. The van der Waals surface area contributed by atoms with Crippen LogP contribution in [0.5, 0.6) is 0 Å². The van der Waals surface area contributed by atoms with Crippen LogP contribution in [0.4, 0.5) is 11.4 Å². The molecule has 0 spiro atoms. The third-order valence-corrected chi connectivity index (χ3v) is 7.22. The first kappa shape index (κ1) is 26.9. The molecular weight excluding hydrogens is 536 g/mol. The highest BCUT2D eigenvalue weighted by atomic mass is 35.5. The van der Waals surface area contributed by atoms with Crippen LogP contribution in [-0.4, -0.2) is 48.5 Å². The van der Waals surface area contributed by atoms with Crippen LogP contribution in [0.3, 0.4) is 0 Å². The Morgan fingerprint density at radius 1 is 1.08 bits per heavy atom. The molecule has 1 atom stereocenters. The average molecular weight is 557 g/mol. The molecule has 13 heteroatoms. The second kappa shape index (κ2) is 10.7. The standard InChI is InChI=1S/C25H21ClN4O7S/c26-18-6-8-19(9-7-18)29-23(31)15-22(25(29)33)28(24(32)17-2-1-3-20(14-17)30(34)35)13-12-16-4-10-21(11-5-16)38(27,36)37/h1-11,14,22H,12-13,15H2,(H2,27,36,37). The zero-order valence-corrected chi connectivity index (χ0v) is 21.3. The molecule has 0 radical (unpaired) electrons. The molecule has 1 aliphatic heterocycles. The SMILES string of the molecule is NS(=O)(=O)c1ccc(CCN(C(=O)c2cccc([N+](=O)[O-])c2)C2CC(=O)N(c3ccc(Cl)cc3)C2=O)cc1. The summed E-state index contributed by atoms with van der Waals surface area (Å²) in [6, 6.07) is 15.7. The Balaban J connectivity index is 1.65. The largest absolute Gasteiger partial charge is 0.326 e. The monoisotopic (exact) mass is 556 g/mol. The Bertz CT molecular complexity index is 1530. The molecular formula is C25H21ClN4O7S. The number of non-ortho nitro benzene ring substituents is 1. The first-order valence-corrected chi connectivity index (χ1v) is 13.2. The van der Waals surface area contributed by atoms with Gasteiger partial charge in [-0.3, -0.25) is 24.5 Å². The first-order chi connectivity index (χ1) is 18.0. The number of primary sulfonamides is 1. The maximum atomic E-state index is 13.6. The van der Waals surface area contributed by atoms with Crippen LogP contribution in [-0.2, 0) is 26.0 Å². The molecule has 1 fully saturated rings. The van der Waals surface area contributed by atoms with Crippen molar-refractivity contribution in [3.05, 3.63) is 99.1 Å². The lowest BCUT2D eigenvalue weighted by Crippen LogP contribution is -2.46. The van der Waals surface area contributed by atoms with Gasteiger partial charge in [-0.2, -0.15) is 0 Å². The number of nitro benzene ring substituents is 1. The number of rotatable bonds is 8. The highest BCUT2D eigenvalue weighted by molar-refractivity contribution is 7.89. The molecule has 3 aromatic rings. The molecule has 4 rings (SSSR count). The van der Waals surface area contributed by atoms with Crippen LogP contribution in [0.1, 0.15) is 22.3 Å². The van der Waals surface area contributed by atoms with E-state index in [0.717, 1.165) is 11.0 Å². The third kappa shape index (κ3) is 5.72. The fourth-order valence-corrected chi connectivity index (χ4v) is 4.77. The average Bonchev–Trinajstić information content (AvgIpc) is 3.17. The van der Waals surface area contributed by atoms with Gasteiger partial charge in [0.05, 0.1) is 21.9 Å². The van der Waals surface area contributed by atoms with Crippen molar-refractivity contribution in [3.63, 3.8) is 0 Å². The van der Waals surface area contributed by atoms with Crippen molar-refractivity contribution >= 4 is 50.7 Å². The fourth-order valence-electron chi connectivity index (χ4n) is 4.13. The summed E-state index contributed by atoms with van der Waals surface area (Å²) in [4.78, 5) is 52.6. The van der Waals surface area contributed by atoms with Crippen molar-refractivity contribution in [3.8, 4) is 0 Å². The summed E-state index contributed by atoms with van der Waals surface area (Å²) >= 11 is 5.92. The first-order valence-electron chi connectivity index (χ1n) is 11.3. The van der Waals surface area contributed by atoms with E-state index in [1.54, 1.807) is 0 Å². The molecule has 0 aliphatic carbocycles. The minimum atomic E-state index is -3.89. The zero-order valence-electron chi connectivity index (χ0n) is 19.7. The number of carbonyl (C=O) groups is 3. The predicted octanol–water partition coefficient (Wildman–Crippen LogP) is 2.91. The second-order valence-electron chi connectivity index (χ2n) is 8.51. The number of hydrogen-bond donors (Lipinski definition) is 1. The molecule has 3 amide bonds. The summed E-state index contributed by atoms with van der Waals surface area (Å²) in [5.41, 5.74) is 0.619. The van der Waals surface area contributed by atoms with Gasteiger partial charge in [0.1, 0.15) is 6.04 Å². The van der Waals surface area contributed by atoms with Gasteiger partial charge in [-0.05, 0) is 54.4 Å². The third-order valence-electron chi connectivity index (χ3n) is 6.04. The lowest BCUT2D eigenvalue weighted by Gasteiger charge is -2.28. The highest BCUT2D eigenvalue weighted by Crippen LogP contribution is 2.28. The van der Waals surface area contributed by atoms with E-state index in [9.17, 15) is 32.9 Å². The molecule has 2 N–H and O–H groups in total. The van der Waals surface area contributed by atoms with Crippen molar-refractivity contribution < 1.29 is 27.7 Å². The number of carbonyl (C=O) groups excluding carboxylic acids is 3. The van der Waals surface area contributed by atoms with Gasteiger partial charge in [-0.25, -0.2) is 18.5 Å². The van der Waals surface area contributed by atoms with Crippen LogP contribution in [0, 0.1) is 10.1 Å². The number of halogens is 1. The Labute approximate surface area is 222 Å². The Kier molecular flexibility index (Phi) is 7.58. The maximum absolute atomic E-state index is 13.6. The van der Waals surface area contributed by atoms with E-state index in [1.807, 2.05) is 0 Å². The molecule has 1 aliphatic rings. The molecule has 1 saturated heterocycles. The number of nitro groups is 1. The summed E-state index contributed by atoms with van der Waals surface area (Å²) < 4.78 is 23.1. The van der Waals surface area contributed by atoms with Crippen molar-refractivity contribution in [2.24, 2.45) is 5.14 Å². The Hall–Kier alpha value is -4.13. The fraction of sp³-hybridized carbons (Fsp3) is 0.160. The smallest absolute Gasteiger partial charge is 0.270 e. The quantitative estimate of drug-likeness (QED) is 0.253. The van der Waals surface area contributed by atoms with Crippen molar-refractivity contribution in [2.75, 3.05) is 11.4 Å². The highest BCUT2D eigenvalue weighted by Gasteiger charge is 2.44. The van der Waals surface area contributed by atoms with Crippen LogP contribution in [0.15, 0.2) is 77.7 Å². The molecule has 0 bridgehead atoms. The lowest BCUT2D eigenvalue weighted by molar-refractivity contribution is -0.384. The van der Waals surface area contributed by atoms with Gasteiger partial charge in [0, 0.05) is 29.3 Å². The number of nitrogens with zero attached hydrogens (tertiary/aromatic N) is 3. The number of nitrogens with two attached hydrogens (primary N) is 1. The lowest BCUT2D eigenvalue weighted by atomic mass is 10.1. The Morgan fingerprint density at radius 3 is 2.34 bits per heavy atom. The molecule has 3 aromatic carbocycles. The number of imide groups is 1. The zero-order chi connectivity index (χ0) is 27.6. The van der Waals surface area contributed by atoms with Crippen molar-refractivity contribution in [2.45, 2.75) is 23.8 Å². The van der Waals surface area contributed by atoms with Crippen LogP contribution < -0.4 is 10.0 Å². The van der Waals surface area contributed by atoms with E-state index in [-0.39, 0.29) is 35.5 Å². The summed E-state index contributed by atoms with van der Waals surface area (Å²) in [5.74, 6) is -1.81. The van der Waals surface area contributed by atoms with E-state index in [1.165, 1.54) is 71.6 Å². The number of benzene rings is 3. The molecule has 0 saturated carbocycles. The van der Waals surface area contributed by atoms with Crippen LogP contribution in [0.25, 0.3) is 0 Å². The van der Waals surface area contributed by atoms with Crippen LogP contribution in [0.2, 0.25) is 5.02 Å². The maximum Gasteiger partial charge on any atom is 0.270 e. The topological polar surface area (TPSA) is 161 Å². The molecule has 38 heavy (non-hydrogen) atoms. The summed E-state index contributed by atoms with van der Waals surface area (Å²) in [6.45, 7) is -0.0333. The van der Waals surface area contributed by atoms with Crippen molar-refractivity contribution in [1.29, 1.82) is 0 Å². The number of anilines is 1. The number of sulfonamides is 1. The number of amides is 3.